The Hall–Kier alpha value is -1.55. The summed E-state index contributed by atoms with van der Waals surface area (Å²) in [7, 11) is 0. The van der Waals surface area contributed by atoms with E-state index in [0.29, 0.717) is 15.9 Å². The number of benzene rings is 1. The fourth-order valence-electron chi connectivity index (χ4n) is 1.14. The Morgan fingerprint density at radius 3 is 3.00 bits per heavy atom. The number of carbonyl (C=O) groups excluding carboxylic acids is 1. The molecule has 0 bridgehead atoms. The van der Waals surface area contributed by atoms with Crippen molar-refractivity contribution in [1.82, 2.24) is 10.2 Å². The molecule has 0 atom stereocenters. The smallest absolute Gasteiger partial charge is 0.115 e. The van der Waals surface area contributed by atoms with Crippen molar-refractivity contribution in [2.75, 3.05) is 0 Å². The van der Waals surface area contributed by atoms with Gasteiger partial charge in [0, 0.05) is 10.4 Å². The van der Waals surface area contributed by atoms with E-state index in [2.05, 4.69) is 10.2 Å². The highest BCUT2D eigenvalue weighted by Gasteiger charge is 2.05. The van der Waals surface area contributed by atoms with Crippen LogP contribution >= 0.6 is 11.6 Å². The summed E-state index contributed by atoms with van der Waals surface area (Å²) < 4.78 is 0. The molecule has 0 saturated carbocycles. The fourth-order valence-corrected chi connectivity index (χ4v) is 1.31. The number of fused-ring (bicyclic) bond motifs is 1. The minimum absolute atomic E-state index is 0.113. The van der Waals surface area contributed by atoms with Gasteiger partial charge in [-0.2, -0.15) is 5.10 Å². The fraction of sp³-hybridized carbons (Fsp3) is 0. The van der Waals surface area contributed by atoms with Crippen molar-refractivity contribution in [3.63, 3.8) is 0 Å². The summed E-state index contributed by atoms with van der Waals surface area (Å²) >= 11 is 5.70. The number of nitrogens with one attached hydrogen (secondary N) is 1. The summed E-state index contributed by atoms with van der Waals surface area (Å²) in [6.45, 7) is 0. The van der Waals surface area contributed by atoms with E-state index < -0.39 is 5.97 Å². The van der Waals surface area contributed by atoms with Crippen molar-refractivity contribution in [2.45, 2.75) is 0 Å². The molecule has 0 saturated heterocycles. The first-order valence-electron chi connectivity index (χ1n) is 3.53. The Kier molecular flexibility index (Phi) is 1.70. The van der Waals surface area contributed by atoms with Crippen LogP contribution in [0.5, 0.6) is 0 Å². The van der Waals surface area contributed by atoms with Crippen molar-refractivity contribution < 1.29 is 9.90 Å². The van der Waals surface area contributed by atoms with Gasteiger partial charge in [-0.25, -0.2) is 0 Å². The van der Waals surface area contributed by atoms with Gasteiger partial charge in [-0.3, -0.25) is 5.10 Å². The van der Waals surface area contributed by atoms with Gasteiger partial charge in [-0.1, -0.05) is 11.6 Å². The Labute approximate surface area is 78.1 Å². The van der Waals surface area contributed by atoms with E-state index in [9.17, 15) is 9.90 Å². The first kappa shape index (κ1) is 8.07. The van der Waals surface area contributed by atoms with Gasteiger partial charge in [0.2, 0.25) is 0 Å². The lowest BCUT2D eigenvalue weighted by Gasteiger charge is -1.96. The monoisotopic (exact) mass is 195 g/mol. The molecule has 0 aliphatic carbocycles. The minimum Gasteiger partial charge on any atom is -0.543 e. The minimum atomic E-state index is -1.31. The van der Waals surface area contributed by atoms with Crippen LogP contribution in [-0.4, -0.2) is 16.2 Å². The normalized spacial score (nSPS) is 10.5. The number of nitrogens with zero attached hydrogens (tertiary/aromatic N) is 1. The highest BCUT2D eigenvalue weighted by molar-refractivity contribution is 6.31. The Bertz CT molecular complexity index is 478. The van der Waals surface area contributed by atoms with E-state index in [4.69, 9.17) is 11.6 Å². The molecule has 0 aliphatic heterocycles. The molecule has 0 aliphatic rings. The van der Waals surface area contributed by atoms with Gasteiger partial charge in [-0.05, 0) is 18.2 Å². The second-order valence-corrected chi connectivity index (χ2v) is 2.99. The van der Waals surface area contributed by atoms with Gasteiger partial charge in [0.15, 0.2) is 0 Å². The van der Waals surface area contributed by atoms with E-state index in [1.165, 1.54) is 6.07 Å². The second kappa shape index (κ2) is 2.74. The third kappa shape index (κ3) is 1.25. The molecule has 0 spiro atoms. The number of carboxylic acid groups (broad SMARTS) is 1. The van der Waals surface area contributed by atoms with E-state index in [0.717, 1.165) is 0 Å². The number of rotatable bonds is 1. The Morgan fingerprint density at radius 1 is 1.54 bits per heavy atom. The third-order valence-electron chi connectivity index (χ3n) is 1.72. The number of aromatic carboxylic acids is 1. The molecule has 1 aromatic heterocycles. The summed E-state index contributed by atoms with van der Waals surface area (Å²) in [5.74, 6) is -1.31. The van der Waals surface area contributed by atoms with E-state index in [-0.39, 0.29) is 5.69 Å². The van der Waals surface area contributed by atoms with Gasteiger partial charge in [-0.15, -0.1) is 0 Å². The Morgan fingerprint density at radius 2 is 2.31 bits per heavy atom. The molecule has 13 heavy (non-hydrogen) atoms. The molecule has 0 unspecified atom stereocenters. The van der Waals surface area contributed by atoms with Crippen LogP contribution in [0.4, 0.5) is 0 Å². The number of carboxylic acids is 1. The van der Waals surface area contributed by atoms with Gasteiger partial charge < -0.3 is 9.90 Å². The molecule has 1 N–H and O–H groups in total. The van der Waals surface area contributed by atoms with E-state index in [1.54, 1.807) is 12.1 Å². The quantitative estimate of drug-likeness (QED) is 0.724. The summed E-state index contributed by atoms with van der Waals surface area (Å²) in [6.07, 6.45) is 0. The van der Waals surface area contributed by atoms with E-state index in [1.807, 2.05) is 0 Å². The molecular formula is C8H4ClN2O2-. The van der Waals surface area contributed by atoms with Crippen molar-refractivity contribution in [2.24, 2.45) is 0 Å². The number of hydrogen-bond acceptors (Lipinski definition) is 3. The number of hydrogen-bond donors (Lipinski definition) is 1. The molecule has 0 radical (unpaired) electrons. The molecule has 2 rings (SSSR count). The highest BCUT2D eigenvalue weighted by Crippen LogP contribution is 2.19. The van der Waals surface area contributed by atoms with Gasteiger partial charge >= 0.3 is 0 Å². The van der Waals surface area contributed by atoms with E-state index >= 15 is 0 Å². The van der Waals surface area contributed by atoms with Crippen LogP contribution in [0.15, 0.2) is 18.2 Å². The van der Waals surface area contributed by atoms with Crippen LogP contribution < -0.4 is 5.11 Å². The lowest BCUT2D eigenvalue weighted by molar-refractivity contribution is -0.255. The van der Waals surface area contributed by atoms with Crippen LogP contribution in [0.1, 0.15) is 10.5 Å². The lowest BCUT2D eigenvalue weighted by atomic mass is 10.2. The number of halogens is 1. The zero-order valence-electron chi connectivity index (χ0n) is 6.37. The summed E-state index contributed by atoms with van der Waals surface area (Å²) in [5, 5.41) is 17.6. The maximum absolute atomic E-state index is 10.6. The summed E-state index contributed by atoms with van der Waals surface area (Å²) in [5.41, 5.74) is 0.515. The number of H-pyrrole nitrogens is 1. The van der Waals surface area contributed by atoms with Crippen LogP contribution in [0.25, 0.3) is 10.9 Å². The predicted molar refractivity (Wildman–Crippen MR) is 45.4 cm³/mol. The Balaban J connectivity index is 2.79. The largest absolute Gasteiger partial charge is 0.543 e. The maximum atomic E-state index is 10.6. The average molecular weight is 196 g/mol. The average Bonchev–Trinajstić information content (AvgIpc) is 2.46. The summed E-state index contributed by atoms with van der Waals surface area (Å²) in [6, 6.07) is 4.85. The van der Waals surface area contributed by atoms with Crippen molar-refractivity contribution in [3.05, 3.63) is 28.9 Å². The van der Waals surface area contributed by atoms with Crippen molar-refractivity contribution >= 4 is 28.5 Å². The molecule has 0 fully saturated rings. The SMILES string of the molecule is O=C([O-])c1n[nH]c2ccc(Cl)cc12. The molecule has 0 amide bonds. The molecular weight excluding hydrogens is 192 g/mol. The zero-order valence-corrected chi connectivity index (χ0v) is 7.13. The molecule has 1 aromatic carbocycles. The van der Waals surface area contributed by atoms with Crippen molar-refractivity contribution in [1.29, 1.82) is 0 Å². The third-order valence-corrected chi connectivity index (χ3v) is 1.95. The molecule has 66 valence electrons. The lowest BCUT2D eigenvalue weighted by Crippen LogP contribution is -2.22. The van der Waals surface area contributed by atoms with Crippen LogP contribution in [-0.2, 0) is 0 Å². The van der Waals surface area contributed by atoms with Crippen LogP contribution in [0.2, 0.25) is 5.02 Å². The maximum Gasteiger partial charge on any atom is 0.115 e. The first-order chi connectivity index (χ1) is 6.18. The van der Waals surface area contributed by atoms with Gasteiger partial charge in [0.1, 0.15) is 5.69 Å². The second-order valence-electron chi connectivity index (χ2n) is 2.55. The molecule has 4 nitrogen and oxygen atoms in total. The molecule has 2 aromatic rings. The van der Waals surface area contributed by atoms with Crippen LogP contribution in [0.3, 0.4) is 0 Å². The number of aromatic nitrogens is 2. The first-order valence-corrected chi connectivity index (χ1v) is 3.91. The molecule has 5 heteroatoms. The van der Waals surface area contributed by atoms with Crippen LogP contribution in [0, 0.1) is 0 Å². The predicted octanol–water partition coefficient (Wildman–Crippen LogP) is 0.580. The number of carbonyl (C=O) groups is 1. The van der Waals surface area contributed by atoms with Crippen molar-refractivity contribution in [3.8, 4) is 0 Å². The highest BCUT2D eigenvalue weighted by atomic mass is 35.5. The summed E-state index contributed by atoms with van der Waals surface area (Å²) in [4.78, 5) is 10.6. The molecule has 1 heterocycles. The van der Waals surface area contributed by atoms with Gasteiger partial charge in [0.25, 0.3) is 0 Å². The zero-order chi connectivity index (χ0) is 9.42. The standard InChI is InChI=1S/C8H5ClN2O2/c9-4-1-2-6-5(3-4)7(8(12)13)11-10-6/h1-3H,(H,10,11)(H,12,13)/p-1. The van der Waals surface area contributed by atoms with Gasteiger partial charge in [0.05, 0.1) is 11.5 Å². The number of aromatic amines is 1. The topological polar surface area (TPSA) is 68.8 Å².